The molecule has 0 fully saturated rings. The number of hydrogen-bond donors (Lipinski definition) is 0. The van der Waals surface area contributed by atoms with Crippen LogP contribution in [0.5, 0.6) is 11.5 Å². The van der Waals surface area contributed by atoms with Crippen molar-refractivity contribution in [3.05, 3.63) is 167 Å². The molecule has 8 nitrogen and oxygen atoms in total. The van der Waals surface area contributed by atoms with Gasteiger partial charge in [0.2, 0.25) is 0 Å². The lowest BCUT2D eigenvalue weighted by atomic mass is 9.91. The minimum atomic E-state index is -0.636. The molecule has 8 heteroatoms. The SMILES string of the molecule is CCOC(=O)C(Cc1ccc(OCC=C(C)C#Cc2ccc(-c3cccc(-c4ccccc4)c3C#CC(C)=CCOc3ccc(CC(OCC)C(=O)OCC)cc3)cc2)cc1)OCC. The number of hydrogen-bond acceptors (Lipinski definition) is 8. The zero-order valence-electron chi connectivity index (χ0n) is 37.8. The Kier molecular flexibility index (Phi) is 19.5. The molecule has 0 saturated heterocycles. The van der Waals surface area contributed by atoms with Crippen LogP contribution in [0.1, 0.15) is 63.8 Å². The Bertz CT molecular complexity index is 2440. The van der Waals surface area contributed by atoms with Crippen molar-refractivity contribution >= 4 is 11.9 Å². The molecule has 0 amide bonds. The molecule has 0 aromatic heterocycles. The maximum absolute atomic E-state index is 12.3. The second-order valence-corrected chi connectivity index (χ2v) is 14.7. The van der Waals surface area contributed by atoms with Gasteiger partial charge in [-0.1, -0.05) is 109 Å². The van der Waals surface area contributed by atoms with Crippen LogP contribution in [0.15, 0.2) is 145 Å². The number of benzene rings is 5. The molecule has 5 rings (SSSR count). The number of ether oxygens (including phenoxy) is 6. The minimum absolute atomic E-state index is 0.314. The summed E-state index contributed by atoms with van der Waals surface area (Å²) in [5.41, 5.74) is 9.74. The molecule has 2 unspecified atom stereocenters. The fourth-order valence-corrected chi connectivity index (χ4v) is 6.64. The highest BCUT2D eigenvalue weighted by Crippen LogP contribution is 2.32. The second-order valence-electron chi connectivity index (χ2n) is 14.7. The van der Waals surface area contributed by atoms with Crippen molar-refractivity contribution in [2.45, 2.75) is 66.6 Å². The van der Waals surface area contributed by atoms with Crippen molar-refractivity contribution in [3.8, 4) is 57.4 Å². The standard InChI is InChI=1S/C56H58O8/c1-7-59-53(55(57)61-9-3)39-44-24-30-48(31-25-44)63-37-35-41(5)19-21-43-22-28-47(29-23-43)51-18-14-17-50(46-15-12-11-13-16-46)52(51)34-20-42(6)36-38-64-49-32-26-45(27-33-49)40-54(60-8-2)56(58)62-10-4/h11-18,22-33,35-36,53-54H,7-10,37-40H2,1-6H3. The molecule has 0 aliphatic heterocycles. The van der Waals surface area contributed by atoms with Gasteiger partial charge in [-0.3, -0.25) is 0 Å². The number of carbonyl (C=O) groups is 2. The lowest BCUT2D eigenvalue weighted by Crippen LogP contribution is -2.28. The summed E-state index contributed by atoms with van der Waals surface area (Å²) < 4.78 is 33.5. The molecule has 64 heavy (non-hydrogen) atoms. The van der Waals surface area contributed by atoms with Crippen LogP contribution in [0.3, 0.4) is 0 Å². The molecule has 5 aromatic rings. The predicted octanol–water partition coefficient (Wildman–Crippen LogP) is 10.8. The van der Waals surface area contributed by atoms with Gasteiger partial charge in [-0.2, -0.15) is 0 Å². The van der Waals surface area contributed by atoms with Crippen LogP contribution in [0.4, 0.5) is 0 Å². The molecule has 0 aliphatic rings. The largest absolute Gasteiger partial charge is 0.490 e. The summed E-state index contributed by atoms with van der Waals surface area (Å²) in [6.45, 7) is 13.5. The Morgan fingerprint density at radius 3 is 1.42 bits per heavy atom. The number of allylic oxidation sites excluding steroid dienone is 2. The Morgan fingerprint density at radius 1 is 0.516 bits per heavy atom. The van der Waals surface area contributed by atoms with Gasteiger partial charge in [0.05, 0.1) is 13.2 Å². The second kappa shape index (κ2) is 25.9. The third-order valence-corrected chi connectivity index (χ3v) is 9.94. The molecule has 5 aromatic carbocycles. The van der Waals surface area contributed by atoms with Crippen molar-refractivity contribution < 1.29 is 38.0 Å². The lowest BCUT2D eigenvalue weighted by molar-refractivity contribution is -0.157. The summed E-state index contributed by atoms with van der Waals surface area (Å²) in [7, 11) is 0. The van der Waals surface area contributed by atoms with Crippen molar-refractivity contribution in [2.24, 2.45) is 0 Å². The first-order valence-electron chi connectivity index (χ1n) is 21.9. The highest BCUT2D eigenvalue weighted by molar-refractivity contribution is 5.83. The molecule has 330 valence electrons. The van der Waals surface area contributed by atoms with Crippen LogP contribution < -0.4 is 9.47 Å². The number of esters is 2. The highest BCUT2D eigenvalue weighted by Gasteiger charge is 2.21. The fraction of sp³-hybridized carbons (Fsp3) is 0.286. The monoisotopic (exact) mass is 858 g/mol. The van der Waals surface area contributed by atoms with E-state index in [0.29, 0.717) is 52.5 Å². The summed E-state index contributed by atoms with van der Waals surface area (Å²) in [5.74, 6) is 14.1. The summed E-state index contributed by atoms with van der Waals surface area (Å²) in [6.07, 6.45) is 3.53. The third-order valence-electron chi connectivity index (χ3n) is 9.94. The van der Waals surface area contributed by atoms with Crippen LogP contribution >= 0.6 is 0 Å². The van der Waals surface area contributed by atoms with Crippen molar-refractivity contribution in [1.82, 2.24) is 0 Å². The molecular weight excluding hydrogens is 801 g/mol. The Labute approximate surface area is 379 Å². The van der Waals surface area contributed by atoms with E-state index in [-0.39, 0.29) is 11.9 Å². The quantitative estimate of drug-likeness (QED) is 0.0565. The topological polar surface area (TPSA) is 89.5 Å². The van der Waals surface area contributed by atoms with E-state index in [1.165, 1.54) is 0 Å². The zero-order chi connectivity index (χ0) is 45.5. The van der Waals surface area contributed by atoms with E-state index in [4.69, 9.17) is 28.4 Å². The van der Waals surface area contributed by atoms with E-state index >= 15 is 0 Å². The van der Waals surface area contributed by atoms with Crippen LogP contribution in [0, 0.1) is 23.7 Å². The van der Waals surface area contributed by atoms with Crippen molar-refractivity contribution in [1.29, 1.82) is 0 Å². The number of carbonyl (C=O) groups excluding carboxylic acids is 2. The molecule has 0 spiro atoms. The average molecular weight is 859 g/mol. The maximum atomic E-state index is 12.3. The van der Waals surface area contributed by atoms with E-state index in [1.54, 1.807) is 13.8 Å². The fourth-order valence-electron chi connectivity index (χ4n) is 6.64. The van der Waals surface area contributed by atoms with Gasteiger partial charge in [0.1, 0.15) is 24.7 Å². The van der Waals surface area contributed by atoms with E-state index < -0.39 is 12.2 Å². The third kappa shape index (κ3) is 15.2. The molecule has 0 bridgehead atoms. The molecule has 2 atom stereocenters. The van der Waals surface area contributed by atoms with Crippen LogP contribution in [-0.2, 0) is 41.4 Å². The molecule has 0 aliphatic carbocycles. The van der Waals surface area contributed by atoms with Gasteiger partial charge in [-0.05, 0) is 135 Å². The first-order chi connectivity index (χ1) is 31.2. The Hall–Kier alpha value is -6.84. The van der Waals surface area contributed by atoms with E-state index in [1.807, 2.05) is 119 Å². The first kappa shape index (κ1) is 48.2. The van der Waals surface area contributed by atoms with E-state index in [0.717, 1.165) is 67.2 Å². The van der Waals surface area contributed by atoms with Gasteiger partial charge >= 0.3 is 11.9 Å². The summed E-state index contributed by atoms with van der Waals surface area (Å²) in [5, 5.41) is 0. The smallest absolute Gasteiger partial charge is 0.335 e. The molecule has 0 radical (unpaired) electrons. The van der Waals surface area contributed by atoms with Crippen LogP contribution in [0.25, 0.3) is 22.3 Å². The summed E-state index contributed by atoms with van der Waals surface area (Å²) in [4.78, 5) is 24.5. The van der Waals surface area contributed by atoms with Gasteiger partial charge in [0.15, 0.2) is 12.2 Å². The van der Waals surface area contributed by atoms with Gasteiger partial charge in [0.25, 0.3) is 0 Å². The zero-order valence-corrected chi connectivity index (χ0v) is 37.8. The molecular formula is C56H58O8. The minimum Gasteiger partial charge on any atom is -0.490 e. The van der Waals surface area contributed by atoms with Gasteiger partial charge in [-0.25, -0.2) is 9.59 Å². The van der Waals surface area contributed by atoms with Gasteiger partial charge in [0, 0.05) is 37.2 Å². The van der Waals surface area contributed by atoms with Crippen LogP contribution in [0.2, 0.25) is 0 Å². The molecule has 0 saturated carbocycles. The van der Waals surface area contributed by atoms with E-state index in [2.05, 4.69) is 66.1 Å². The molecule has 0 heterocycles. The Morgan fingerprint density at radius 2 is 0.969 bits per heavy atom. The Balaban J connectivity index is 1.22. The summed E-state index contributed by atoms with van der Waals surface area (Å²) >= 11 is 0. The predicted molar refractivity (Wildman–Crippen MR) is 254 cm³/mol. The first-order valence-corrected chi connectivity index (χ1v) is 21.9. The van der Waals surface area contributed by atoms with E-state index in [9.17, 15) is 9.59 Å². The molecule has 0 N–H and O–H groups in total. The van der Waals surface area contributed by atoms with Crippen molar-refractivity contribution in [2.75, 3.05) is 39.6 Å². The van der Waals surface area contributed by atoms with Gasteiger partial charge < -0.3 is 28.4 Å². The summed E-state index contributed by atoms with van der Waals surface area (Å²) in [6, 6.07) is 40.1. The van der Waals surface area contributed by atoms with Gasteiger partial charge in [-0.15, -0.1) is 0 Å². The average Bonchev–Trinajstić information content (AvgIpc) is 3.31. The maximum Gasteiger partial charge on any atom is 0.335 e. The highest BCUT2D eigenvalue weighted by atomic mass is 16.6. The van der Waals surface area contributed by atoms with Crippen LogP contribution in [-0.4, -0.2) is 63.8 Å². The normalized spacial score (nSPS) is 12.2. The number of rotatable bonds is 20. The van der Waals surface area contributed by atoms with Crippen molar-refractivity contribution in [3.63, 3.8) is 0 Å². The lowest BCUT2D eigenvalue weighted by Gasteiger charge is -2.15.